The number of para-hydroxylation sites is 1. The first-order valence-corrected chi connectivity index (χ1v) is 8.59. The highest BCUT2D eigenvalue weighted by Gasteiger charge is 2.37. The van der Waals surface area contributed by atoms with Gasteiger partial charge in [-0.1, -0.05) is 18.2 Å². The number of carbonyl (C=O) groups excluding carboxylic acids is 3. The fourth-order valence-corrected chi connectivity index (χ4v) is 3.06. The van der Waals surface area contributed by atoms with E-state index in [0.29, 0.717) is 11.4 Å². The van der Waals surface area contributed by atoms with Crippen molar-refractivity contribution < 1.29 is 19.3 Å². The molecule has 8 nitrogen and oxygen atoms in total. The fraction of sp³-hybridized carbons (Fsp3) is 0. The number of fused-ring (bicyclic) bond motifs is 1. The van der Waals surface area contributed by atoms with Crippen molar-refractivity contribution in [2.45, 2.75) is 0 Å². The maximum atomic E-state index is 12.8. The number of nitrogens with zero attached hydrogens (tertiary/aromatic N) is 2. The topological polar surface area (TPSA) is 110 Å². The van der Waals surface area contributed by atoms with E-state index in [-0.39, 0.29) is 22.4 Å². The van der Waals surface area contributed by atoms with Crippen LogP contribution in [0.4, 0.5) is 17.1 Å². The number of nitrogens with one attached hydrogen (secondary N) is 1. The van der Waals surface area contributed by atoms with Gasteiger partial charge in [0.15, 0.2) is 0 Å². The Morgan fingerprint density at radius 3 is 2.17 bits per heavy atom. The molecule has 0 saturated carbocycles. The van der Waals surface area contributed by atoms with Gasteiger partial charge in [0.05, 0.1) is 21.7 Å². The molecule has 142 valence electrons. The van der Waals surface area contributed by atoms with Crippen LogP contribution in [0.25, 0.3) is 0 Å². The molecule has 4 rings (SSSR count). The van der Waals surface area contributed by atoms with Crippen molar-refractivity contribution in [3.8, 4) is 0 Å². The number of nitro groups is 1. The lowest BCUT2D eigenvalue weighted by Crippen LogP contribution is -2.29. The molecule has 1 aliphatic rings. The quantitative estimate of drug-likeness (QED) is 0.417. The maximum Gasteiger partial charge on any atom is 0.269 e. The number of carbonyl (C=O) groups is 3. The predicted octanol–water partition coefficient (Wildman–Crippen LogP) is 3.65. The molecule has 1 aliphatic heterocycles. The van der Waals surface area contributed by atoms with Crippen LogP contribution < -0.4 is 10.2 Å². The Kier molecular flexibility index (Phi) is 4.36. The number of hydrogen-bond acceptors (Lipinski definition) is 5. The van der Waals surface area contributed by atoms with E-state index in [1.54, 1.807) is 30.3 Å². The first-order valence-electron chi connectivity index (χ1n) is 8.59. The Balaban J connectivity index is 1.59. The molecule has 0 radical (unpaired) electrons. The van der Waals surface area contributed by atoms with E-state index >= 15 is 0 Å². The second kappa shape index (κ2) is 7.01. The molecule has 0 fully saturated rings. The van der Waals surface area contributed by atoms with Crippen molar-refractivity contribution in [2.24, 2.45) is 0 Å². The lowest BCUT2D eigenvalue weighted by atomic mass is 10.1. The van der Waals surface area contributed by atoms with Gasteiger partial charge in [0.2, 0.25) is 0 Å². The van der Waals surface area contributed by atoms with E-state index in [2.05, 4.69) is 5.32 Å². The lowest BCUT2D eigenvalue weighted by molar-refractivity contribution is -0.384. The molecule has 0 aliphatic carbocycles. The van der Waals surface area contributed by atoms with Crippen molar-refractivity contribution in [2.75, 3.05) is 10.2 Å². The van der Waals surface area contributed by atoms with Crippen LogP contribution in [-0.4, -0.2) is 22.6 Å². The average Bonchev–Trinajstić information content (AvgIpc) is 2.99. The number of amides is 3. The Bertz CT molecular complexity index is 1160. The summed E-state index contributed by atoms with van der Waals surface area (Å²) in [5, 5.41) is 13.3. The summed E-state index contributed by atoms with van der Waals surface area (Å²) in [6, 6.07) is 18.2. The third-order valence-corrected chi connectivity index (χ3v) is 4.50. The van der Waals surface area contributed by atoms with Crippen molar-refractivity contribution in [1.82, 2.24) is 0 Å². The summed E-state index contributed by atoms with van der Waals surface area (Å²) >= 11 is 0. The highest BCUT2D eigenvalue weighted by Crippen LogP contribution is 2.29. The van der Waals surface area contributed by atoms with Gasteiger partial charge >= 0.3 is 0 Å². The van der Waals surface area contributed by atoms with Crippen LogP contribution >= 0.6 is 0 Å². The van der Waals surface area contributed by atoms with Gasteiger partial charge in [0.1, 0.15) is 0 Å². The number of nitro benzene ring substituents is 1. The van der Waals surface area contributed by atoms with E-state index in [4.69, 9.17) is 0 Å². The molecule has 8 heteroatoms. The SMILES string of the molecule is O=C(Nc1ccc([N+](=O)[O-])cc1)c1ccc2c(c1)C(=O)N(c1ccccc1)C2=O. The van der Waals surface area contributed by atoms with E-state index in [1.807, 2.05) is 0 Å². The molecule has 0 bridgehead atoms. The molecular weight excluding hydrogens is 374 g/mol. The van der Waals surface area contributed by atoms with Crippen molar-refractivity contribution in [3.63, 3.8) is 0 Å². The molecular formula is C21H13N3O5. The van der Waals surface area contributed by atoms with Crippen LogP contribution in [-0.2, 0) is 0 Å². The van der Waals surface area contributed by atoms with Crippen molar-refractivity contribution >= 4 is 34.8 Å². The molecule has 1 N–H and O–H groups in total. The molecule has 3 aromatic carbocycles. The van der Waals surface area contributed by atoms with Crippen molar-refractivity contribution in [3.05, 3.63) is 99.6 Å². The maximum absolute atomic E-state index is 12.8. The van der Waals surface area contributed by atoms with Crippen LogP contribution in [0.2, 0.25) is 0 Å². The average molecular weight is 387 g/mol. The first-order chi connectivity index (χ1) is 14.0. The number of rotatable bonds is 4. The highest BCUT2D eigenvalue weighted by atomic mass is 16.6. The van der Waals surface area contributed by atoms with Gasteiger partial charge in [-0.2, -0.15) is 0 Å². The van der Waals surface area contributed by atoms with E-state index < -0.39 is 22.6 Å². The standard InChI is InChI=1S/C21H13N3O5/c25-19(22-14-7-9-16(10-8-14)24(28)29)13-6-11-17-18(12-13)21(27)23(20(17)26)15-4-2-1-3-5-15/h1-12H,(H,22,25). The molecule has 3 aromatic rings. The summed E-state index contributed by atoms with van der Waals surface area (Å²) < 4.78 is 0. The molecule has 0 spiro atoms. The Labute approximate surface area is 164 Å². The molecule has 0 saturated heterocycles. The van der Waals surface area contributed by atoms with Gasteiger partial charge in [-0.3, -0.25) is 24.5 Å². The number of imide groups is 1. The smallest absolute Gasteiger partial charge is 0.269 e. The van der Waals surface area contributed by atoms with Crippen LogP contribution in [0.1, 0.15) is 31.1 Å². The van der Waals surface area contributed by atoms with E-state index in [1.165, 1.54) is 42.5 Å². The Morgan fingerprint density at radius 2 is 1.52 bits per heavy atom. The third kappa shape index (κ3) is 3.23. The van der Waals surface area contributed by atoms with Crippen LogP contribution in [0, 0.1) is 10.1 Å². The van der Waals surface area contributed by atoms with Gasteiger partial charge in [-0.05, 0) is 42.5 Å². The summed E-state index contributed by atoms with van der Waals surface area (Å²) in [6.07, 6.45) is 0. The van der Waals surface area contributed by atoms with Crippen molar-refractivity contribution in [1.29, 1.82) is 0 Å². The van der Waals surface area contributed by atoms with Crippen LogP contribution in [0.5, 0.6) is 0 Å². The van der Waals surface area contributed by atoms with E-state index in [0.717, 1.165) is 4.90 Å². The lowest BCUT2D eigenvalue weighted by Gasteiger charge is -2.13. The summed E-state index contributed by atoms with van der Waals surface area (Å²) in [5.41, 5.74) is 1.30. The highest BCUT2D eigenvalue weighted by molar-refractivity contribution is 6.34. The second-order valence-electron chi connectivity index (χ2n) is 6.30. The second-order valence-corrected chi connectivity index (χ2v) is 6.30. The summed E-state index contributed by atoms with van der Waals surface area (Å²) in [6.45, 7) is 0. The van der Waals surface area contributed by atoms with Gasteiger partial charge in [-0.15, -0.1) is 0 Å². The molecule has 29 heavy (non-hydrogen) atoms. The molecule has 1 heterocycles. The van der Waals surface area contributed by atoms with Gasteiger partial charge in [0, 0.05) is 23.4 Å². The predicted molar refractivity (Wildman–Crippen MR) is 105 cm³/mol. The summed E-state index contributed by atoms with van der Waals surface area (Å²) in [5.74, 6) is -1.44. The molecule has 0 aromatic heterocycles. The fourth-order valence-electron chi connectivity index (χ4n) is 3.06. The third-order valence-electron chi connectivity index (χ3n) is 4.50. The molecule has 3 amide bonds. The number of benzene rings is 3. The Morgan fingerprint density at radius 1 is 0.862 bits per heavy atom. The zero-order valence-corrected chi connectivity index (χ0v) is 14.9. The number of hydrogen-bond donors (Lipinski definition) is 1. The normalized spacial score (nSPS) is 12.6. The minimum absolute atomic E-state index is 0.0920. The minimum atomic E-state index is -0.535. The largest absolute Gasteiger partial charge is 0.322 e. The summed E-state index contributed by atoms with van der Waals surface area (Å²) in [7, 11) is 0. The number of anilines is 2. The number of non-ortho nitro benzene ring substituents is 1. The zero-order valence-electron chi connectivity index (χ0n) is 14.9. The van der Waals surface area contributed by atoms with Crippen LogP contribution in [0.15, 0.2) is 72.8 Å². The van der Waals surface area contributed by atoms with Crippen LogP contribution in [0.3, 0.4) is 0 Å². The first kappa shape index (κ1) is 18.1. The van der Waals surface area contributed by atoms with Gasteiger partial charge in [-0.25, -0.2) is 4.90 Å². The minimum Gasteiger partial charge on any atom is -0.322 e. The Hall–Kier alpha value is -4.33. The van der Waals surface area contributed by atoms with Gasteiger partial charge in [0.25, 0.3) is 23.4 Å². The summed E-state index contributed by atoms with van der Waals surface area (Å²) in [4.78, 5) is 49.1. The monoisotopic (exact) mass is 387 g/mol. The molecule has 0 atom stereocenters. The molecule has 0 unspecified atom stereocenters. The zero-order chi connectivity index (χ0) is 20.5. The van der Waals surface area contributed by atoms with E-state index in [9.17, 15) is 24.5 Å². The van der Waals surface area contributed by atoms with Gasteiger partial charge < -0.3 is 5.32 Å².